The highest BCUT2D eigenvalue weighted by atomic mass is 16.1. The summed E-state index contributed by atoms with van der Waals surface area (Å²) in [5.74, 6) is 0.542. The fourth-order valence-corrected chi connectivity index (χ4v) is 4.00. The average Bonchev–Trinajstić information content (AvgIpc) is 3.34. The van der Waals surface area contributed by atoms with Gasteiger partial charge in [0.15, 0.2) is 0 Å². The Balaban J connectivity index is 1.18. The SMILES string of the molecule is C=C(NCc1ccc2c(N)nccc2c1)c1cnn(Cc2ccc(Cn3ccccc3=O)cc2)c1. The fourth-order valence-electron chi connectivity index (χ4n) is 4.00. The van der Waals surface area contributed by atoms with Crippen molar-refractivity contribution in [3.63, 3.8) is 0 Å². The van der Waals surface area contributed by atoms with E-state index in [0.29, 0.717) is 25.5 Å². The van der Waals surface area contributed by atoms with Crippen molar-refractivity contribution in [1.82, 2.24) is 24.6 Å². The molecule has 0 aliphatic heterocycles. The second kappa shape index (κ2) is 9.69. The molecule has 0 bridgehead atoms. The molecule has 7 heteroatoms. The first-order valence-corrected chi connectivity index (χ1v) is 11.4. The van der Waals surface area contributed by atoms with Crippen molar-refractivity contribution in [3.05, 3.63) is 131 Å². The Labute approximate surface area is 203 Å². The lowest BCUT2D eigenvalue weighted by atomic mass is 10.1. The number of nitrogens with one attached hydrogen (secondary N) is 1. The highest BCUT2D eigenvalue weighted by molar-refractivity contribution is 5.91. The normalized spacial score (nSPS) is 11.0. The molecule has 0 unspecified atom stereocenters. The Bertz CT molecular complexity index is 1550. The van der Waals surface area contributed by atoms with Crippen LogP contribution >= 0.6 is 0 Å². The van der Waals surface area contributed by atoms with Gasteiger partial charge < -0.3 is 15.6 Å². The summed E-state index contributed by atoms with van der Waals surface area (Å²) >= 11 is 0. The molecule has 0 fully saturated rings. The van der Waals surface area contributed by atoms with Crippen molar-refractivity contribution in [1.29, 1.82) is 0 Å². The summed E-state index contributed by atoms with van der Waals surface area (Å²) in [7, 11) is 0. The summed E-state index contributed by atoms with van der Waals surface area (Å²) in [6.07, 6.45) is 7.33. The largest absolute Gasteiger partial charge is 0.383 e. The van der Waals surface area contributed by atoms with Gasteiger partial charge in [0.05, 0.1) is 19.3 Å². The molecule has 35 heavy (non-hydrogen) atoms. The smallest absolute Gasteiger partial charge is 0.250 e. The van der Waals surface area contributed by atoms with Crippen LogP contribution in [0.5, 0.6) is 0 Å². The maximum atomic E-state index is 11.9. The van der Waals surface area contributed by atoms with Crippen molar-refractivity contribution in [3.8, 4) is 0 Å². The number of anilines is 1. The maximum Gasteiger partial charge on any atom is 0.250 e. The van der Waals surface area contributed by atoms with Gasteiger partial charge in [-0.05, 0) is 40.3 Å². The predicted octanol–water partition coefficient (Wildman–Crippen LogP) is 4.03. The number of nitrogens with two attached hydrogens (primary N) is 1. The quantitative estimate of drug-likeness (QED) is 0.363. The third-order valence-corrected chi connectivity index (χ3v) is 5.97. The molecule has 3 N–H and O–H groups in total. The molecule has 3 aromatic heterocycles. The van der Waals surface area contributed by atoms with Crippen LogP contribution in [0, 0.1) is 0 Å². The minimum Gasteiger partial charge on any atom is -0.383 e. The molecule has 174 valence electrons. The molecule has 3 heterocycles. The first-order valence-electron chi connectivity index (χ1n) is 11.4. The highest BCUT2D eigenvalue weighted by Gasteiger charge is 2.06. The molecule has 5 rings (SSSR count). The molecule has 2 aromatic carbocycles. The Hall–Kier alpha value is -4.65. The number of aromatic nitrogens is 4. The molecule has 5 aromatic rings. The van der Waals surface area contributed by atoms with E-state index >= 15 is 0 Å². The zero-order valence-corrected chi connectivity index (χ0v) is 19.3. The third-order valence-electron chi connectivity index (χ3n) is 5.97. The van der Waals surface area contributed by atoms with E-state index in [1.54, 1.807) is 29.1 Å². The Morgan fingerprint density at radius 3 is 2.54 bits per heavy atom. The van der Waals surface area contributed by atoms with Gasteiger partial charge in [-0.25, -0.2) is 4.98 Å². The van der Waals surface area contributed by atoms with E-state index in [1.807, 2.05) is 53.5 Å². The van der Waals surface area contributed by atoms with Gasteiger partial charge in [0.2, 0.25) is 0 Å². The number of hydrogen-bond acceptors (Lipinski definition) is 5. The van der Waals surface area contributed by atoms with Crippen LogP contribution in [0.4, 0.5) is 5.82 Å². The number of fused-ring (bicyclic) bond motifs is 1. The number of pyridine rings is 2. The lowest BCUT2D eigenvalue weighted by Crippen LogP contribution is -2.18. The summed E-state index contributed by atoms with van der Waals surface area (Å²) in [4.78, 5) is 16.0. The summed E-state index contributed by atoms with van der Waals surface area (Å²) in [5, 5.41) is 9.90. The predicted molar refractivity (Wildman–Crippen MR) is 140 cm³/mol. The Kier molecular flexibility index (Phi) is 6.13. The van der Waals surface area contributed by atoms with E-state index in [4.69, 9.17) is 5.73 Å². The van der Waals surface area contributed by atoms with Crippen LogP contribution in [0.25, 0.3) is 16.5 Å². The molecule has 0 aliphatic rings. The van der Waals surface area contributed by atoms with Gasteiger partial charge in [-0.2, -0.15) is 5.10 Å². The Morgan fingerprint density at radius 1 is 0.971 bits per heavy atom. The van der Waals surface area contributed by atoms with Gasteiger partial charge in [-0.15, -0.1) is 0 Å². The monoisotopic (exact) mass is 462 g/mol. The van der Waals surface area contributed by atoms with E-state index in [0.717, 1.165) is 38.7 Å². The molecule has 0 spiro atoms. The van der Waals surface area contributed by atoms with E-state index < -0.39 is 0 Å². The average molecular weight is 463 g/mol. The van der Waals surface area contributed by atoms with Crippen molar-refractivity contribution >= 4 is 22.3 Å². The van der Waals surface area contributed by atoms with Gasteiger partial charge in [-0.3, -0.25) is 9.48 Å². The van der Waals surface area contributed by atoms with E-state index in [1.165, 1.54) is 0 Å². The maximum absolute atomic E-state index is 11.9. The van der Waals surface area contributed by atoms with Crippen LogP contribution in [-0.2, 0) is 19.6 Å². The number of nitrogens with zero attached hydrogens (tertiary/aromatic N) is 4. The van der Waals surface area contributed by atoms with Crippen LogP contribution in [0.1, 0.15) is 22.3 Å². The number of rotatable bonds is 8. The molecule has 0 atom stereocenters. The topological polar surface area (TPSA) is 90.8 Å². The first-order chi connectivity index (χ1) is 17.0. The van der Waals surface area contributed by atoms with E-state index in [9.17, 15) is 4.79 Å². The molecule has 0 saturated heterocycles. The van der Waals surface area contributed by atoms with Gasteiger partial charge >= 0.3 is 0 Å². The van der Waals surface area contributed by atoms with Gasteiger partial charge in [0, 0.05) is 47.8 Å². The van der Waals surface area contributed by atoms with Crippen molar-refractivity contribution in [2.75, 3.05) is 5.73 Å². The van der Waals surface area contributed by atoms with Crippen molar-refractivity contribution in [2.45, 2.75) is 19.6 Å². The molecular weight excluding hydrogens is 436 g/mol. The zero-order valence-electron chi connectivity index (χ0n) is 19.3. The van der Waals surface area contributed by atoms with Crippen LogP contribution in [0.3, 0.4) is 0 Å². The molecule has 0 aliphatic carbocycles. The minimum atomic E-state index is -0.00269. The second-order valence-corrected chi connectivity index (χ2v) is 8.49. The van der Waals surface area contributed by atoms with Crippen LogP contribution in [0.2, 0.25) is 0 Å². The molecule has 0 amide bonds. The molecule has 7 nitrogen and oxygen atoms in total. The van der Waals surface area contributed by atoms with Crippen LogP contribution in [-0.4, -0.2) is 19.3 Å². The molecule has 0 saturated carbocycles. The zero-order chi connectivity index (χ0) is 24.2. The highest BCUT2D eigenvalue weighted by Crippen LogP contribution is 2.20. The van der Waals surface area contributed by atoms with Gasteiger partial charge in [0.25, 0.3) is 5.56 Å². The number of benzene rings is 2. The lowest BCUT2D eigenvalue weighted by Gasteiger charge is -2.09. The second-order valence-electron chi connectivity index (χ2n) is 8.49. The summed E-state index contributed by atoms with van der Waals surface area (Å²) in [6.45, 7) is 6.03. The first kappa shape index (κ1) is 22.2. The van der Waals surface area contributed by atoms with Crippen molar-refractivity contribution < 1.29 is 0 Å². The minimum absolute atomic E-state index is 0.00269. The standard InChI is InChI=1S/C28H26N6O/c1-20(31-15-23-9-10-26-24(14-23)11-12-30-28(26)29)25-16-32-34(19-25)18-22-7-5-21(6-8-22)17-33-13-3-2-4-27(33)35/h2-14,16,19,31H,1,15,17-18H2,(H2,29,30). The summed E-state index contributed by atoms with van der Waals surface area (Å²) < 4.78 is 3.59. The van der Waals surface area contributed by atoms with Gasteiger partial charge in [0.1, 0.15) is 5.82 Å². The van der Waals surface area contributed by atoms with Crippen LogP contribution in [0.15, 0.2) is 103 Å². The van der Waals surface area contributed by atoms with E-state index in [2.05, 4.69) is 40.2 Å². The van der Waals surface area contributed by atoms with Crippen LogP contribution < -0.4 is 16.6 Å². The summed E-state index contributed by atoms with van der Waals surface area (Å²) in [6, 6.07) is 21.5. The third kappa shape index (κ3) is 5.14. The molecule has 0 radical (unpaired) electrons. The summed E-state index contributed by atoms with van der Waals surface area (Å²) in [5.41, 5.74) is 11.0. The van der Waals surface area contributed by atoms with E-state index in [-0.39, 0.29) is 5.56 Å². The number of hydrogen-bond donors (Lipinski definition) is 2. The fraction of sp³-hybridized carbons (Fsp3) is 0.107. The number of nitrogen functional groups attached to an aromatic ring is 1. The van der Waals surface area contributed by atoms with Gasteiger partial charge in [-0.1, -0.05) is 49.0 Å². The Morgan fingerprint density at radius 2 is 1.74 bits per heavy atom. The van der Waals surface area contributed by atoms with Crippen molar-refractivity contribution in [2.24, 2.45) is 0 Å². The molecular formula is C28H26N6O. The lowest BCUT2D eigenvalue weighted by molar-refractivity contribution is 0.685.